The molecule has 1 aliphatic heterocycles. The summed E-state index contributed by atoms with van der Waals surface area (Å²) in [7, 11) is 0. The molecule has 0 unspecified atom stereocenters. The Balaban J connectivity index is 2.61. The zero-order chi connectivity index (χ0) is 9.41. The fraction of sp³-hybridized carbons (Fsp3) is 1.00. The van der Waals surface area contributed by atoms with Crippen molar-refractivity contribution in [1.82, 2.24) is 0 Å². The van der Waals surface area contributed by atoms with E-state index in [0.29, 0.717) is 0 Å². The van der Waals surface area contributed by atoms with E-state index in [4.69, 9.17) is 9.31 Å². The Labute approximate surface area is 75.8 Å². The van der Waals surface area contributed by atoms with Crippen molar-refractivity contribution in [1.29, 1.82) is 0 Å². The third-order valence-electron chi connectivity index (χ3n) is 2.83. The van der Waals surface area contributed by atoms with Crippen LogP contribution in [0.25, 0.3) is 0 Å². The Morgan fingerprint density at radius 2 is 1.42 bits per heavy atom. The van der Waals surface area contributed by atoms with Crippen molar-refractivity contribution in [3.8, 4) is 0 Å². The quantitative estimate of drug-likeness (QED) is 0.592. The van der Waals surface area contributed by atoms with E-state index in [-0.39, 0.29) is 18.3 Å². The van der Waals surface area contributed by atoms with E-state index in [1.54, 1.807) is 0 Å². The second-order valence-electron chi connectivity index (χ2n) is 4.47. The largest absolute Gasteiger partial charge is 0.457 e. The van der Waals surface area contributed by atoms with Crippen LogP contribution in [0, 0.1) is 0 Å². The first-order valence-electron chi connectivity index (χ1n) is 4.75. The van der Waals surface area contributed by atoms with Crippen LogP contribution in [0.3, 0.4) is 0 Å². The van der Waals surface area contributed by atoms with Gasteiger partial charge in [-0.15, -0.1) is 0 Å². The third-order valence-corrected chi connectivity index (χ3v) is 2.83. The monoisotopic (exact) mass is 170 g/mol. The van der Waals surface area contributed by atoms with Crippen LogP contribution in [0.4, 0.5) is 0 Å². The molecular formula is C9H19BO2. The van der Waals surface area contributed by atoms with E-state index >= 15 is 0 Å². The summed E-state index contributed by atoms with van der Waals surface area (Å²) < 4.78 is 11.6. The Hall–Kier alpha value is -0.0151. The minimum atomic E-state index is -0.160. The molecule has 2 nitrogen and oxygen atoms in total. The standard InChI is InChI=1S/C9H19BO2/c1-6-7-10-11-8(2,3)9(4,5)12-10/h6-7H2,1-5H3. The van der Waals surface area contributed by atoms with E-state index in [9.17, 15) is 0 Å². The Bertz CT molecular complexity index is 150. The van der Waals surface area contributed by atoms with Gasteiger partial charge in [-0.1, -0.05) is 13.3 Å². The van der Waals surface area contributed by atoms with Gasteiger partial charge in [-0.05, 0) is 34.0 Å². The first kappa shape index (κ1) is 10.1. The van der Waals surface area contributed by atoms with E-state index in [1.807, 2.05) is 0 Å². The summed E-state index contributed by atoms with van der Waals surface area (Å²) in [4.78, 5) is 0. The Kier molecular flexibility index (Phi) is 2.55. The molecule has 1 aliphatic rings. The van der Waals surface area contributed by atoms with Crippen LogP contribution in [0.5, 0.6) is 0 Å². The van der Waals surface area contributed by atoms with E-state index in [2.05, 4.69) is 34.6 Å². The van der Waals surface area contributed by atoms with Crippen molar-refractivity contribution in [2.75, 3.05) is 0 Å². The molecule has 0 aromatic carbocycles. The molecule has 1 fully saturated rings. The van der Waals surface area contributed by atoms with E-state index in [0.717, 1.165) is 12.7 Å². The zero-order valence-electron chi connectivity index (χ0n) is 8.81. The maximum atomic E-state index is 5.78. The molecule has 0 aliphatic carbocycles. The number of rotatable bonds is 2. The predicted molar refractivity (Wildman–Crippen MR) is 51.2 cm³/mol. The van der Waals surface area contributed by atoms with Crippen LogP contribution in [0.2, 0.25) is 6.32 Å². The van der Waals surface area contributed by atoms with Gasteiger partial charge < -0.3 is 9.31 Å². The molecule has 0 aromatic heterocycles. The molecule has 1 heterocycles. The lowest BCUT2D eigenvalue weighted by Crippen LogP contribution is -2.41. The van der Waals surface area contributed by atoms with Gasteiger partial charge in [-0.2, -0.15) is 0 Å². The molecule has 0 aromatic rings. The summed E-state index contributed by atoms with van der Waals surface area (Å²) in [6, 6.07) is 0. The molecule has 0 N–H and O–H groups in total. The van der Waals surface area contributed by atoms with Gasteiger partial charge in [0, 0.05) is 0 Å². The van der Waals surface area contributed by atoms with Gasteiger partial charge in [-0.25, -0.2) is 0 Å². The van der Waals surface area contributed by atoms with Crippen molar-refractivity contribution in [3.63, 3.8) is 0 Å². The minimum absolute atomic E-state index is 0. The molecule has 70 valence electrons. The molecule has 0 spiro atoms. The molecule has 0 atom stereocenters. The molecule has 1 rings (SSSR count). The highest BCUT2D eigenvalue weighted by Crippen LogP contribution is 2.37. The van der Waals surface area contributed by atoms with Gasteiger partial charge in [0.15, 0.2) is 0 Å². The lowest BCUT2D eigenvalue weighted by Gasteiger charge is -2.32. The van der Waals surface area contributed by atoms with Gasteiger partial charge in [0.2, 0.25) is 0 Å². The van der Waals surface area contributed by atoms with Crippen LogP contribution in [-0.2, 0) is 9.31 Å². The highest BCUT2D eigenvalue weighted by molar-refractivity contribution is 6.45. The molecule has 0 radical (unpaired) electrons. The highest BCUT2D eigenvalue weighted by atomic mass is 16.7. The molecule has 12 heavy (non-hydrogen) atoms. The van der Waals surface area contributed by atoms with E-state index < -0.39 is 0 Å². The van der Waals surface area contributed by atoms with Crippen LogP contribution < -0.4 is 0 Å². The summed E-state index contributed by atoms with van der Waals surface area (Å²) in [5.74, 6) is 0. The second-order valence-corrected chi connectivity index (χ2v) is 4.47. The van der Waals surface area contributed by atoms with Crippen LogP contribution in [-0.4, -0.2) is 18.3 Å². The fourth-order valence-electron chi connectivity index (χ4n) is 1.32. The second kappa shape index (κ2) is 3.04. The normalized spacial score (nSPS) is 26.2. The SMILES string of the molecule is CCCB1OC(C)(C)C(C)(C)O1. The first-order chi connectivity index (χ1) is 5.39. The van der Waals surface area contributed by atoms with Gasteiger partial charge in [0.25, 0.3) is 0 Å². The minimum Gasteiger partial charge on any atom is -0.403 e. The Morgan fingerprint density at radius 1 is 1.00 bits per heavy atom. The number of hydrogen-bond donors (Lipinski definition) is 0. The van der Waals surface area contributed by atoms with Gasteiger partial charge >= 0.3 is 7.12 Å². The summed E-state index contributed by atoms with van der Waals surface area (Å²) in [6.45, 7) is 10.5. The van der Waals surface area contributed by atoms with E-state index in [1.165, 1.54) is 0 Å². The summed E-state index contributed by atoms with van der Waals surface area (Å²) in [6.07, 6.45) is 2.10. The summed E-state index contributed by atoms with van der Waals surface area (Å²) in [5.41, 5.74) is -0.320. The third kappa shape index (κ3) is 1.67. The summed E-state index contributed by atoms with van der Waals surface area (Å²) in [5, 5.41) is 0. The van der Waals surface area contributed by atoms with Crippen molar-refractivity contribution >= 4 is 7.12 Å². The zero-order valence-corrected chi connectivity index (χ0v) is 8.81. The van der Waals surface area contributed by atoms with Crippen molar-refractivity contribution in [2.24, 2.45) is 0 Å². The Morgan fingerprint density at radius 3 is 1.75 bits per heavy atom. The lowest BCUT2D eigenvalue weighted by molar-refractivity contribution is 0.00578. The molecule has 0 bridgehead atoms. The van der Waals surface area contributed by atoms with Gasteiger partial charge in [-0.3, -0.25) is 0 Å². The molecular weight excluding hydrogens is 151 g/mol. The van der Waals surface area contributed by atoms with Crippen LogP contribution in [0.1, 0.15) is 41.0 Å². The number of hydrogen-bond acceptors (Lipinski definition) is 2. The molecule has 0 saturated carbocycles. The van der Waals surface area contributed by atoms with Crippen molar-refractivity contribution < 1.29 is 9.31 Å². The van der Waals surface area contributed by atoms with Crippen LogP contribution in [0.15, 0.2) is 0 Å². The topological polar surface area (TPSA) is 18.5 Å². The molecule has 3 heteroatoms. The average Bonchev–Trinajstić information content (AvgIpc) is 2.02. The van der Waals surface area contributed by atoms with Gasteiger partial charge in [0.1, 0.15) is 0 Å². The van der Waals surface area contributed by atoms with Crippen molar-refractivity contribution in [3.05, 3.63) is 0 Å². The fourth-order valence-corrected chi connectivity index (χ4v) is 1.32. The van der Waals surface area contributed by atoms with Crippen LogP contribution >= 0.6 is 0 Å². The first-order valence-corrected chi connectivity index (χ1v) is 4.75. The average molecular weight is 170 g/mol. The maximum absolute atomic E-state index is 5.78. The predicted octanol–water partition coefficient (Wildman–Crippen LogP) is 2.49. The summed E-state index contributed by atoms with van der Waals surface area (Å²) >= 11 is 0. The van der Waals surface area contributed by atoms with Gasteiger partial charge in [0.05, 0.1) is 11.2 Å². The smallest absolute Gasteiger partial charge is 0.403 e. The maximum Gasteiger partial charge on any atom is 0.457 e. The molecule has 0 amide bonds. The molecule has 1 saturated heterocycles. The lowest BCUT2D eigenvalue weighted by atomic mass is 9.84. The van der Waals surface area contributed by atoms with Crippen molar-refractivity contribution in [2.45, 2.75) is 58.6 Å². The highest BCUT2D eigenvalue weighted by Gasteiger charge is 2.50.